The fraction of sp³-hybridized carbons (Fsp3) is 0.571. The fourth-order valence-corrected chi connectivity index (χ4v) is 2.68. The molecule has 0 amide bonds. The first-order valence-electron chi connectivity index (χ1n) is 6.27. The Morgan fingerprint density at radius 1 is 1.41 bits per heavy atom. The Kier molecular flexibility index (Phi) is 3.79. The highest BCUT2D eigenvalue weighted by Gasteiger charge is 2.36. The molecule has 0 saturated heterocycles. The molecule has 2 nitrogen and oxygen atoms in total. The van der Waals surface area contributed by atoms with E-state index in [0.29, 0.717) is 5.41 Å². The summed E-state index contributed by atoms with van der Waals surface area (Å²) >= 11 is 0. The summed E-state index contributed by atoms with van der Waals surface area (Å²) in [5, 5.41) is 0. The molecule has 0 aliphatic heterocycles. The van der Waals surface area contributed by atoms with Gasteiger partial charge in [0.25, 0.3) is 0 Å². The van der Waals surface area contributed by atoms with Crippen molar-refractivity contribution in [2.75, 3.05) is 20.1 Å². The van der Waals surface area contributed by atoms with Gasteiger partial charge in [-0.25, -0.2) is 4.39 Å². The number of hydrogen-bond donors (Lipinski definition) is 1. The first-order chi connectivity index (χ1) is 8.13. The van der Waals surface area contributed by atoms with Crippen LogP contribution in [0.25, 0.3) is 0 Å². The molecule has 2 N–H and O–H groups in total. The molecule has 1 aromatic carbocycles. The topological polar surface area (TPSA) is 29.3 Å². The Hall–Kier alpha value is -0.930. The molecular weight excluding hydrogens is 215 g/mol. The molecule has 2 rings (SSSR count). The Morgan fingerprint density at radius 3 is 2.71 bits per heavy atom. The summed E-state index contributed by atoms with van der Waals surface area (Å²) in [7, 11) is 2.08. The SMILES string of the molecule is CN(Cc1cccc(F)c1)CC1(CN)CCC1. The molecule has 17 heavy (non-hydrogen) atoms. The maximum absolute atomic E-state index is 13.1. The second kappa shape index (κ2) is 5.15. The standard InChI is InChI=1S/C14H21FN2/c1-17(11-14(10-16)6-3-7-14)9-12-4-2-5-13(15)8-12/h2,4-5,8H,3,6-7,9-11,16H2,1H3. The number of hydrogen-bond acceptors (Lipinski definition) is 2. The van der Waals surface area contributed by atoms with E-state index in [1.54, 1.807) is 12.1 Å². The summed E-state index contributed by atoms with van der Waals surface area (Å²) in [4.78, 5) is 2.25. The summed E-state index contributed by atoms with van der Waals surface area (Å²) < 4.78 is 13.1. The van der Waals surface area contributed by atoms with E-state index in [-0.39, 0.29) is 5.82 Å². The van der Waals surface area contributed by atoms with Crippen LogP contribution in [0.4, 0.5) is 4.39 Å². The lowest BCUT2D eigenvalue weighted by molar-refractivity contribution is 0.0845. The van der Waals surface area contributed by atoms with Crippen molar-refractivity contribution in [1.29, 1.82) is 0 Å². The van der Waals surface area contributed by atoms with Gasteiger partial charge in [-0.15, -0.1) is 0 Å². The minimum Gasteiger partial charge on any atom is -0.330 e. The van der Waals surface area contributed by atoms with E-state index in [9.17, 15) is 4.39 Å². The molecule has 1 saturated carbocycles. The van der Waals surface area contributed by atoms with Gasteiger partial charge in [0.15, 0.2) is 0 Å². The number of nitrogens with two attached hydrogens (primary N) is 1. The number of halogens is 1. The number of benzene rings is 1. The zero-order chi connectivity index (χ0) is 12.3. The smallest absolute Gasteiger partial charge is 0.123 e. The normalized spacial score (nSPS) is 18.1. The minimum atomic E-state index is -0.159. The van der Waals surface area contributed by atoms with E-state index < -0.39 is 0 Å². The lowest BCUT2D eigenvalue weighted by Crippen LogP contribution is -2.45. The summed E-state index contributed by atoms with van der Waals surface area (Å²) in [5.74, 6) is -0.159. The van der Waals surface area contributed by atoms with Crippen LogP contribution in [0.5, 0.6) is 0 Å². The molecule has 1 aliphatic carbocycles. The predicted octanol–water partition coefficient (Wildman–Crippen LogP) is 2.39. The van der Waals surface area contributed by atoms with Gasteiger partial charge in [-0.1, -0.05) is 18.6 Å². The van der Waals surface area contributed by atoms with Gasteiger partial charge in [0.2, 0.25) is 0 Å². The first-order valence-corrected chi connectivity index (χ1v) is 6.27. The molecule has 0 unspecified atom stereocenters. The van der Waals surface area contributed by atoms with Crippen molar-refractivity contribution in [3.63, 3.8) is 0 Å². The van der Waals surface area contributed by atoms with Crippen molar-refractivity contribution in [1.82, 2.24) is 4.90 Å². The Balaban J connectivity index is 1.90. The summed E-state index contributed by atoms with van der Waals surface area (Å²) in [6, 6.07) is 6.82. The van der Waals surface area contributed by atoms with Gasteiger partial charge < -0.3 is 10.6 Å². The van der Waals surface area contributed by atoms with Crippen molar-refractivity contribution in [2.45, 2.75) is 25.8 Å². The lowest BCUT2D eigenvalue weighted by Gasteiger charge is -2.43. The van der Waals surface area contributed by atoms with Crippen LogP contribution >= 0.6 is 0 Å². The van der Waals surface area contributed by atoms with Gasteiger partial charge in [-0.3, -0.25) is 0 Å². The molecule has 3 heteroatoms. The van der Waals surface area contributed by atoms with Crippen LogP contribution in [0, 0.1) is 11.2 Å². The van der Waals surface area contributed by atoms with Crippen molar-refractivity contribution in [2.24, 2.45) is 11.1 Å². The van der Waals surface area contributed by atoms with Crippen LogP contribution in [0.15, 0.2) is 24.3 Å². The van der Waals surface area contributed by atoms with Gasteiger partial charge in [-0.05, 0) is 49.5 Å². The molecule has 1 aliphatic rings. The molecule has 94 valence electrons. The summed E-state index contributed by atoms with van der Waals surface area (Å²) in [5.41, 5.74) is 7.20. The van der Waals surface area contributed by atoms with Crippen molar-refractivity contribution in [3.8, 4) is 0 Å². The maximum atomic E-state index is 13.1. The molecule has 0 heterocycles. The van der Waals surface area contributed by atoms with E-state index in [4.69, 9.17) is 5.73 Å². The lowest BCUT2D eigenvalue weighted by atomic mass is 9.68. The summed E-state index contributed by atoms with van der Waals surface area (Å²) in [6.07, 6.45) is 3.76. The number of rotatable bonds is 5. The number of nitrogens with zero attached hydrogens (tertiary/aromatic N) is 1. The third-order valence-corrected chi connectivity index (χ3v) is 3.79. The van der Waals surface area contributed by atoms with Crippen molar-refractivity contribution < 1.29 is 4.39 Å². The molecule has 0 bridgehead atoms. The monoisotopic (exact) mass is 236 g/mol. The quantitative estimate of drug-likeness (QED) is 0.850. The highest BCUT2D eigenvalue weighted by atomic mass is 19.1. The van der Waals surface area contributed by atoms with Crippen molar-refractivity contribution in [3.05, 3.63) is 35.6 Å². The molecule has 0 aromatic heterocycles. The van der Waals surface area contributed by atoms with E-state index in [1.165, 1.54) is 25.3 Å². The fourth-order valence-electron chi connectivity index (χ4n) is 2.68. The zero-order valence-corrected chi connectivity index (χ0v) is 10.5. The molecule has 1 fully saturated rings. The van der Waals surface area contributed by atoms with Crippen LogP contribution in [-0.2, 0) is 6.54 Å². The molecule has 0 radical (unpaired) electrons. The van der Waals surface area contributed by atoms with Crippen LogP contribution in [0.1, 0.15) is 24.8 Å². The van der Waals surface area contributed by atoms with Gasteiger partial charge in [0.05, 0.1) is 0 Å². The highest BCUT2D eigenvalue weighted by molar-refractivity contribution is 5.16. The van der Waals surface area contributed by atoms with Crippen LogP contribution in [0.2, 0.25) is 0 Å². The molecular formula is C14H21FN2. The molecule has 0 spiro atoms. The second-order valence-electron chi connectivity index (χ2n) is 5.36. The van der Waals surface area contributed by atoms with Crippen LogP contribution < -0.4 is 5.73 Å². The average Bonchev–Trinajstić information content (AvgIpc) is 2.23. The second-order valence-corrected chi connectivity index (χ2v) is 5.36. The predicted molar refractivity (Wildman–Crippen MR) is 68.1 cm³/mol. The molecule has 1 aromatic rings. The Morgan fingerprint density at radius 2 is 2.18 bits per heavy atom. The van der Waals surface area contributed by atoms with Crippen molar-refractivity contribution >= 4 is 0 Å². The Bertz CT molecular complexity index is 369. The third kappa shape index (κ3) is 3.05. The van der Waals surface area contributed by atoms with Crippen LogP contribution in [0.3, 0.4) is 0 Å². The van der Waals surface area contributed by atoms with E-state index in [1.807, 2.05) is 6.07 Å². The largest absolute Gasteiger partial charge is 0.330 e. The minimum absolute atomic E-state index is 0.159. The summed E-state index contributed by atoms with van der Waals surface area (Å²) in [6.45, 7) is 2.57. The van der Waals surface area contributed by atoms with Crippen LogP contribution in [-0.4, -0.2) is 25.0 Å². The maximum Gasteiger partial charge on any atom is 0.123 e. The molecule has 0 atom stereocenters. The average molecular weight is 236 g/mol. The van der Waals surface area contributed by atoms with Gasteiger partial charge >= 0.3 is 0 Å². The van der Waals surface area contributed by atoms with E-state index in [0.717, 1.165) is 25.2 Å². The van der Waals surface area contributed by atoms with E-state index >= 15 is 0 Å². The zero-order valence-electron chi connectivity index (χ0n) is 10.5. The van der Waals surface area contributed by atoms with Gasteiger partial charge in [-0.2, -0.15) is 0 Å². The third-order valence-electron chi connectivity index (χ3n) is 3.79. The Labute approximate surface area is 103 Å². The van der Waals surface area contributed by atoms with Gasteiger partial charge in [0, 0.05) is 13.1 Å². The van der Waals surface area contributed by atoms with E-state index in [2.05, 4.69) is 11.9 Å². The highest BCUT2D eigenvalue weighted by Crippen LogP contribution is 2.40. The van der Waals surface area contributed by atoms with Gasteiger partial charge in [0.1, 0.15) is 5.82 Å². The first kappa shape index (κ1) is 12.5.